The number of aromatic amines is 1. The number of H-pyrrole nitrogens is 1. The Hall–Kier alpha value is -1.11. The fraction of sp³-hybridized carbons (Fsp3) is 0.714. The minimum atomic E-state index is -4.52. The Balaban J connectivity index is 2.89. The van der Waals surface area contributed by atoms with Gasteiger partial charge in [0.25, 0.3) is 5.82 Å². The lowest BCUT2D eigenvalue weighted by Crippen LogP contribution is -2.18. The maximum atomic E-state index is 12.1. The van der Waals surface area contributed by atoms with E-state index < -0.39 is 18.0 Å². The second-order valence-corrected chi connectivity index (χ2v) is 3.31. The molecule has 1 unspecified atom stereocenters. The molecule has 0 saturated heterocycles. The topological polar surface area (TPSA) is 67.6 Å². The average molecular weight is 208 g/mol. The highest BCUT2D eigenvalue weighted by molar-refractivity contribution is 4.99. The standard InChI is InChI=1S/C7H11F3N4/c1-3(2)4(11)5-12-6(14-13-5)7(8,9)10/h3-4H,11H2,1-2H3,(H,12,13,14). The van der Waals surface area contributed by atoms with E-state index in [4.69, 9.17) is 5.73 Å². The van der Waals surface area contributed by atoms with Gasteiger partial charge >= 0.3 is 6.18 Å². The molecule has 1 rings (SSSR count). The zero-order valence-electron chi connectivity index (χ0n) is 7.76. The molecule has 0 radical (unpaired) electrons. The Morgan fingerprint density at radius 1 is 1.36 bits per heavy atom. The van der Waals surface area contributed by atoms with Gasteiger partial charge in [-0.15, -0.1) is 5.10 Å². The Labute approximate surface area is 78.7 Å². The van der Waals surface area contributed by atoms with Gasteiger partial charge in [0.05, 0.1) is 6.04 Å². The van der Waals surface area contributed by atoms with Crippen LogP contribution in [0, 0.1) is 5.92 Å². The van der Waals surface area contributed by atoms with Crippen LogP contribution in [-0.2, 0) is 6.18 Å². The molecule has 3 N–H and O–H groups in total. The number of nitrogens with one attached hydrogen (secondary N) is 1. The van der Waals surface area contributed by atoms with Crippen molar-refractivity contribution in [3.63, 3.8) is 0 Å². The van der Waals surface area contributed by atoms with Gasteiger partial charge in [0.15, 0.2) is 0 Å². The SMILES string of the molecule is CC(C)C(N)c1nc(C(F)(F)F)n[nH]1. The summed E-state index contributed by atoms with van der Waals surface area (Å²) in [6.45, 7) is 3.58. The Kier molecular flexibility index (Phi) is 2.79. The zero-order chi connectivity index (χ0) is 10.9. The van der Waals surface area contributed by atoms with Crippen molar-refractivity contribution < 1.29 is 13.2 Å². The molecule has 1 atom stereocenters. The summed E-state index contributed by atoms with van der Waals surface area (Å²) < 4.78 is 36.2. The molecule has 0 amide bonds. The van der Waals surface area contributed by atoms with Crippen LogP contribution in [0.2, 0.25) is 0 Å². The fourth-order valence-electron chi connectivity index (χ4n) is 0.866. The lowest BCUT2D eigenvalue weighted by Gasteiger charge is -2.11. The van der Waals surface area contributed by atoms with Crippen LogP contribution in [0.1, 0.15) is 31.5 Å². The van der Waals surface area contributed by atoms with E-state index >= 15 is 0 Å². The monoisotopic (exact) mass is 208 g/mol. The predicted molar refractivity (Wildman–Crippen MR) is 43.2 cm³/mol. The average Bonchev–Trinajstić information content (AvgIpc) is 2.49. The summed E-state index contributed by atoms with van der Waals surface area (Å²) in [5.74, 6) is -1.11. The smallest absolute Gasteiger partial charge is 0.321 e. The fourth-order valence-corrected chi connectivity index (χ4v) is 0.866. The second kappa shape index (κ2) is 3.56. The minimum absolute atomic E-state index is 0.00373. The number of nitrogens with zero attached hydrogens (tertiary/aromatic N) is 2. The van der Waals surface area contributed by atoms with Crippen molar-refractivity contribution >= 4 is 0 Å². The molecule has 0 aliphatic heterocycles. The summed E-state index contributed by atoms with van der Waals surface area (Å²) in [7, 11) is 0. The molecular formula is C7H11F3N4. The molecule has 0 aromatic carbocycles. The number of halogens is 3. The van der Waals surface area contributed by atoms with Crippen molar-refractivity contribution in [2.45, 2.75) is 26.1 Å². The first kappa shape index (κ1) is 11.0. The first-order valence-electron chi connectivity index (χ1n) is 4.07. The normalized spacial score (nSPS) is 14.8. The van der Waals surface area contributed by atoms with E-state index in [2.05, 4.69) is 15.2 Å². The third-order valence-electron chi connectivity index (χ3n) is 1.79. The van der Waals surface area contributed by atoms with E-state index in [9.17, 15) is 13.2 Å². The van der Waals surface area contributed by atoms with Crippen LogP contribution in [0.3, 0.4) is 0 Å². The molecular weight excluding hydrogens is 197 g/mol. The van der Waals surface area contributed by atoms with Crippen LogP contribution in [0.5, 0.6) is 0 Å². The highest BCUT2D eigenvalue weighted by Crippen LogP contribution is 2.26. The molecule has 0 aliphatic rings. The molecule has 0 saturated carbocycles. The lowest BCUT2D eigenvalue weighted by atomic mass is 10.1. The molecule has 0 aliphatic carbocycles. The van der Waals surface area contributed by atoms with E-state index in [0.29, 0.717) is 0 Å². The van der Waals surface area contributed by atoms with Crippen LogP contribution in [-0.4, -0.2) is 15.2 Å². The van der Waals surface area contributed by atoms with Crippen molar-refractivity contribution in [3.8, 4) is 0 Å². The first-order valence-corrected chi connectivity index (χ1v) is 4.07. The molecule has 1 heterocycles. The number of nitrogens with two attached hydrogens (primary N) is 1. The van der Waals surface area contributed by atoms with E-state index in [1.54, 1.807) is 13.8 Å². The third kappa shape index (κ3) is 2.22. The van der Waals surface area contributed by atoms with Crippen molar-refractivity contribution in [1.82, 2.24) is 15.2 Å². The van der Waals surface area contributed by atoms with Crippen LogP contribution in [0.15, 0.2) is 0 Å². The molecule has 1 aromatic heterocycles. The van der Waals surface area contributed by atoms with Gasteiger partial charge in [0, 0.05) is 0 Å². The molecule has 1 aromatic rings. The predicted octanol–water partition coefficient (Wildman–Crippen LogP) is 1.48. The van der Waals surface area contributed by atoms with E-state index in [0.717, 1.165) is 0 Å². The highest BCUT2D eigenvalue weighted by atomic mass is 19.4. The second-order valence-electron chi connectivity index (χ2n) is 3.31. The zero-order valence-corrected chi connectivity index (χ0v) is 7.76. The summed E-state index contributed by atoms with van der Waals surface area (Å²) in [4.78, 5) is 3.29. The molecule has 80 valence electrons. The summed E-state index contributed by atoms with van der Waals surface area (Å²) in [5, 5.41) is 5.24. The van der Waals surface area contributed by atoms with Gasteiger partial charge in [0.2, 0.25) is 0 Å². The van der Waals surface area contributed by atoms with Gasteiger partial charge in [-0.1, -0.05) is 13.8 Å². The number of aromatic nitrogens is 3. The number of alkyl halides is 3. The van der Waals surface area contributed by atoms with Crippen molar-refractivity contribution in [1.29, 1.82) is 0 Å². The number of hydrogen-bond acceptors (Lipinski definition) is 3. The molecule has 0 bridgehead atoms. The van der Waals surface area contributed by atoms with Crippen LogP contribution in [0.4, 0.5) is 13.2 Å². The number of hydrogen-bond donors (Lipinski definition) is 2. The number of rotatable bonds is 2. The minimum Gasteiger partial charge on any atom is -0.321 e. The first-order chi connectivity index (χ1) is 6.32. The maximum Gasteiger partial charge on any atom is 0.453 e. The van der Waals surface area contributed by atoms with Crippen molar-refractivity contribution in [3.05, 3.63) is 11.6 Å². The van der Waals surface area contributed by atoms with Gasteiger partial charge < -0.3 is 5.73 Å². The summed E-state index contributed by atoms with van der Waals surface area (Å²) in [6.07, 6.45) is -4.52. The Morgan fingerprint density at radius 2 is 1.93 bits per heavy atom. The van der Waals surface area contributed by atoms with E-state index in [1.807, 2.05) is 0 Å². The largest absolute Gasteiger partial charge is 0.453 e. The van der Waals surface area contributed by atoms with Crippen LogP contribution >= 0.6 is 0 Å². The quantitative estimate of drug-likeness (QED) is 0.773. The Bertz CT molecular complexity index is 304. The molecule has 0 spiro atoms. The summed E-state index contributed by atoms with van der Waals surface area (Å²) in [5.41, 5.74) is 5.59. The Morgan fingerprint density at radius 3 is 2.29 bits per heavy atom. The van der Waals surface area contributed by atoms with Gasteiger partial charge in [-0.25, -0.2) is 4.98 Å². The molecule has 0 fully saturated rings. The molecule has 4 nitrogen and oxygen atoms in total. The van der Waals surface area contributed by atoms with E-state index in [1.165, 1.54) is 0 Å². The van der Waals surface area contributed by atoms with Gasteiger partial charge in [-0.3, -0.25) is 5.10 Å². The van der Waals surface area contributed by atoms with Gasteiger partial charge in [-0.05, 0) is 5.92 Å². The van der Waals surface area contributed by atoms with Gasteiger partial charge in [0.1, 0.15) is 5.82 Å². The third-order valence-corrected chi connectivity index (χ3v) is 1.79. The molecule has 14 heavy (non-hydrogen) atoms. The van der Waals surface area contributed by atoms with Gasteiger partial charge in [-0.2, -0.15) is 13.2 Å². The van der Waals surface area contributed by atoms with Crippen molar-refractivity contribution in [2.75, 3.05) is 0 Å². The van der Waals surface area contributed by atoms with E-state index in [-0.39, 0.29) is 11.7 Å². The maximum absolute atomic E-state index is 12.1. The summed E-state index contributed by atoms with van der Waals surface area (Å²) in [6, 6.07) is -0.557. The van der Waals surface area contributed by atoms with Crippen LogP contribution < -0.4 is 5.73 Å². The lowest BCUT2D eigenvalue weighted by molar-refractivity contribution is -0.144. The van der Waals surface area contributed by atoms with Crippen LogP contribution in [0.25, 0.3) is 0 Å². The summed E-state index contributed by atoms with van der Waals surface area (Å²) >= 11 is 0. The highest BCUT2D eigenvalue weighted by Gasteiger charge is 2.36. The van der Waals surface area contributed by atoms with Crippen molar-refractivity contribution in [2.24, 2.45) is 11.7 Å². The molecule has 7 heteroatoms.